The second-order valence-electron chi connectivity index (χ2n) is 2.15. The Morgan fingerprint density at radius 1 is 1.67 bits per heavy atom. The lowest BCUT2D eigenvalue weighted by molar-refractivity contribution is 0.142. The van der Waals surface area contributed by atoms with Gasteiger partial charge in [-0.05, 0) is 41.9 Å². The van der Waals surface area contributed by atoms with E-state index in [0.717, 1.165) is 0 Å². The number of rotatable bonds is 4. The second-order valence-corrected chi connectivity index (χ2v) is 7.34. The van der Waals surface area contributed by atoms with Crippen molar-refractivity contribution in [3.05, 3.63) is 11.4 Å². The largest absolute Gasteiger partial charge is 0.359 e. The molecule has 1 atom stereocenters. The standard InChI is InChI=1S/C6H10Cl3O2P/c1-3-11-6(7)5(2)4-12(8,9)10/h4,6H,3H2,1-2H3. The van der Waals surface area contributed by atoms with Gasteiger partial charge in [0.1, 0.15) is 0 Å². The van der Waals surface area contributed by atoms with E-state index in [1.807, 2.05) is 6.92 Å². The van der Waals surface area contributed by atoms with Crippen molar-refractivity contribution in [1.29, 1.82) is 0 Å². The van der Waals surface area contributed by atoms with Crippen molar-refractivity contribution in [1.82, 2.24) is 0 Å². The first-order valence-electron chi connectivity index (χ1n) is 3.31. The Hall–Kier alpha value is 0.800. The van der Waals surface area contributed by atoms with Gasteiger partial charge in [0.2, 0.25) is 0 Å². The number of ether oxygens (including phenoxy) is 1. The van der Waals surface area contributed by atoms with Gasteiger partial charge in [-0.1, -0.05) is 11.6 Å². The van der Waals surface area contributed by atoms with Crippen molar-refractivity contribution in [2.24, 2.45) is 0 Å². The summed E-state index contributed by atoms with van der Waals surface area (Å²) < 4.78 is 15.9. The molecule has 0 aromatic carbocycles. The van der Waals surface area contributed by atoms with Crippen molar-refractivity contribution >= 4 is 39.9 Å². The highest BCUT2D eigenvalue weighted by Gasteiger charge is 2.13. The third-order valence-corrected chi connectivity index (χ3v) is 2.79. The molecule has 0 fully saturated rings. The van der Waals surface area contributed by atoms with E-state index >= 15 is 0 Å². The Labute approximate surface area is 86.8 Å². The highest BCUT2D eigenvalue weighted by Crippen LogP contribution is 2.59. The lowest BCUT2D eigenvalue weighted by Crippen LogP contribution is -2.05. The third kappa shape index (κ3) is 6.33. The zero-order valence-electron chi connectivity index (χ0n) is 6.76. The molecule has 0 saturated heterocycles. The van der Waals surface area contributed by atoms with E-state index in [2.05, 4.69) is 0 Å². The molecule has 2 nitrogen and oxygen atoms in total. The summed E-state index contributed by atoms with van der Waals surface area (Å²) in [4.78, 5) is 0. The van der Waals surface area contributed by atoms with Crippen molar-refractivity contribution in [2.45, 2.75) is 19.4 Å². The van der Waals surface area contributed by atoms with Gasteiger partial charge in [0.25, 0.3) is 5.85 Å². The van der Waals surface area contributed by atoms with E-state index in [4.69, 9.17) is 38.8 Å². The van der Waals surface area contributed by atoms with Crippen LogP contribution in [0.5, 0.6) is 0 Å². The molecule has 0 aromatic heterocycles. The lowest BCUT2D eigenvalue weighted by atomic mass is 10.4. The molecular weight excluding hydrogens is 241 g/mol. The molecular formula is C6H10Cl3O2P. The van der Waals surface area contributed by atoms with Crippen molar-refractivity contribution < 1.29 is 9.30 Å². The van der Waals surface area contributed by atoms with Crippen LogP contribution in [-0.4, -0.2) is 12.2 Å². The van der Waals surface area contributed by atoms with E-state index in [0.29, 0.717) is 12.2 Å². The van der Waals surface area contributed by atoms with Crippen LogP contribution in [0.1, 0.15) is 13.8 Å². The van der Waals surface area contributed by atoms with Gasteiger partial charge in [-0.25, -0.2) is 0 Å². The molecule has 0 aromatic rings. The molecule has 72 valence electrons. The third-order valence-electron chi connectivity index (χ3n) is 1.02. The SMILES string of the molecule is CCOC(Cl)C(C)=CP(=O)(Cl)Cl. The van der Waals surface area contributed by atoms with Gasteiger partial charge in [0, 0.05) is 12.4 Å². The van der Waals surface area contributed by atoms with Gasteiger partial charge in [-0.2, -0.15) is 0 Å². The van der Waals surface area contributed by atoms with Crippen LogP contribution in [0.3, 0.4) is 0 Å². The van der Waals surface area contributed by atoms with E-state index in [-0.39, 0.29) is 0 Å². The van der Waals surface area contributed by atoms with Crippen LogP contribution in [0.4, 0.5) is 0 Å². The summed E-state index contributed by atoms with van der Waals surface area (Å²) in [6.45, 7) is 3.95. The molecule has 0 spiro atoms. The average Bonchev–Trinajstić information content (AvgIpc) is 1.84. The summed E-state index contributed by atoms with van der Waals surface area (Å²) >= 11 is 16.3. The Morgan fingerprint density at radius 3 is 2.50 bits per heavy atom. The van der Waals surface area contributed by atoms with Gasteiger partial charge in [-0.15, -0.1) is 0 Å². The van der Waals surface area contributed by atoms with Crippen LogP contribution in [-0.2, 0) is 9.30 Å². The Balaban J connectivity index is 4.27. The fourth-order valence-corrected chi connectivity index (χ4v) is 2.38. The highest BCUT2D eigenvalue weighted by molar-refractivity contribution is 8.10. The molecule has 1 unspecified atom stereocenters. The molecule has 0 aliphatic carbocycles. The molecule has 0 bridgehead atoms. The van der Waals surface area contributed by atoms with Crippen LogP contribution in [0.15, 0.2) is 11.4 Å². The average molecular weight is 251 g/mol. The molecule has 0 amide bonds. The Kier molecular flexibility index (Phi) is 5.88. The summed E-state index contributed by atoms with van der Waals surface area (Å²) in [5.41, 5.74) is -0.0484. The van der Waals surface area contributed by atoms with Crippen molar-refractivity contribution in [2.75, 3.05) is 6.61 Å². The summed E-state index contributed by atoms with van der Waals surface area (Å²) in [6, 6.07) is 0. The van der Waals surface area contributed by atoms with Crippen LogP contribution < -0.4 is 0 Å². The topological polar surface area (TPSA) is 26.3 Å². The molecule has 0 radical (unpaired) electrons. The lowest BCUT2D eigenvalue weighted by Gasteiger charge is -2.09. The normalized spacial score (nSPS) is 16.2. The summed E-state index contributed by atoms with van der Waals surface area (Å²) in [6.07, 6.45) is 0. The summed E-state index contributed by atoms with van der Waals surface area (Å²) in [5.74, 6) is -1.96. The van der Waals surface area contributed by atoms with Gasteiger partial charge in [-0.3, -0.25) is 4.57 Å². The zero-order valence-corrected chi connectivity index (χ0v) is 9.92. The van der Waals surface area contributed by atoms with E-state index in [1.165, 1.54) is 5.82 Å². The van der Waals surface area contributed by atoms with Crippen molar-refractivity contribution in [3.8, 4) is 0 Å². The van der Waals surface area contributed by atoms with Crippen LogP contribution in [0.2, 0.25) is 0 Å². The molecule has 0 rings (SSSR count). The van der Waals surface area contributed by atoms with Gasteiger partial charge < -0.3 is 4.74 Å². The fourth-order valence-electron chi connectivity index (χ4n) is 0.573. The van der Waals surface area contributed by atoms with Crippen LogP contribution in [0.25, 0.3) is 0 Å². The second kappa shape index (κ2) is 5.51. The minimum atomic E-state index is -3.18. The number of hydrogen-bond acceptors (Lipinski definition) is 2. The number of hydrogen-bond donors (Lipinski definition) is 0. The van der Waals surface area contributed by atoms with E-state index in [1.54, 1.807) is 6.92 Å². The van der Waals surface area contributed by atoms with Gasteiger partial charge >= 0.3 is 0 Å². The highest BCUT2D eigenvalue weighted by atomic mass is 35.9. The minimum Gasteiger partial charge on any atom is -0.359 e. The molecule has 0 saturated carbocycles. The molecule has 0 aliphatic rings. The van der Waals surface area contributed by atoms with E-state index < -0.39 is 11.4 Å². The molecule has 0 aliphatic heterocycles. The smallest absolute Gasteiger partial charge is 0.275 e. The van der Waals surface area contributed by atoms with Crippen LogP contribution in [0, 0.1) is 0 Å². The zero-order chi connectivity index (χ0) is 9.78. The van der Waals surface area contributed by atoms with Gasteiger partial charge in [0.15, 0.2) is 5.56 Å². The van der Waals surface area contributed by atoms with E-state index in [9.17, 15) is 4.57 Å². The predicted octanol–water partition coefficient (Wildman–Crippen LogP) is 4.16. The molecule has 12 heavy (non-hydrogen) atoms. The van der Waals surface area contributed by atoms with Crippen LogP contribution >= 0.6 is 39.9 Å². The fraction of sp³-hybridized carbons (Fsp3) is 0.667. The maximum atomic E-state index is 10.9. The summed E-state index contributed by atoms with van der Waals surface area (Å²) in [5, 5.41) is 0. The first-order valence-corrected chi connectivity index (χ1v) is 7.33. The predicted molar refractivity (Wildman–Crippen MR) is 54.3 cm³/mol. The number of halogens is 3. The maximum Gasteiger partial charge on any atom is 0.275 e. The Morgan fingerprint density at radius 2 is 2.17 bits per heavy atom. The first kappa shape index (κ1) is 12.8. The quantitative estimate of drug-likeness (QED) is 0.554. The minimum absolute atomic E-state index is 0.480. The van der Waals surface area contributed by atoms with Crippen molar-refractivity contribution in [3.63, 3.8) is 0 Å². The first-order chi connectivity index (χ1) is 5.37. The molecule has 0 heterocycles. The molecule has 0 N–H and O–H groups in total. The molecule has 6 heteroatoms. The Bertz CT molecular complexity index is 211. The summed E-state index contributed by atoms with van der Waals surface area (Å²) in [7, 11) is 0. The maximum absolute atomic E-state index is 10.9. The number of alkyl halides is 1. The van der Waals surface area contributed by atoms with Gasteiger partial charge in [0.05, 0.1) is 0 Å². The monoisotopic (exact) mass is 250 g/mol.